The monoisotopic (exact) mass is 312 g/mol. The minimum Gasteiger partial charge on any atom is -0.0619 e. The van der Waals surface area contributed by atoms with Crippen molar-refractivity contribution in [1.29, 1.82) is 0 Å². The van der Waals surface area contributed by atoms with Crippen LogP contribution in [0.3, 0.4) is 0 Å². The van der Waals surface area contributed by atoms with E-state index in [1.54, 1.807) is 0 Å². The maximum absolute atomic E-state index is 2.33. The van der Waals surface area contributed by atoms with Gasteiger partial charge in [0.2, 0.25) is 0 Å². The van der Waals surface area contributed by atoms with Gasteiger partial charge in [0.05, 0.1) is 0 Å². The van der Waals surface area contributed by atoms with Crippen molar-refractivity contribution in [2.45, 2.75) is 39.0 Å². The van der Waals surface area contributed by atoms with Gasteiger partial charge in [-0.25, -0.2) is 0 Å². The Morgan fingerprint density at radius 1 is 0.708 bits per heavy atom. The van der Waals surface area contributed by atoms with Crippen molar-refractivity contribution in [2.24, 2.45) is 0 Å². The second-order valence-corrected chi connectivity index (χ2v) is 7.06. The molecule has 0 N–H and O–H groups in total. The zero-order valence-corrected chi connectivity index (χ0v) is 14.5. The van der Waals surface area contributed by atoms with E-state index in [1.807, 2.05) is 0 Å². The summed E-state index contributed by atoms with van der Waals surface area (Å²) >= 11 is 0. The highest BCUT2D eigenvalue weighted by molar-refractivity contribution is 5.80. The molecule has 0 atom stereocenters. The molecule has 4 rings (SSSR count). The van der Waals surface area contributed by atoms with Crippen LogP contribution in [0.4, 0.5) is 0 Å². The molecule has 3 aromatic rings. The fourth-order valence-corrected chi connectivity index (χ4v) is 3.87. The van der Waals surface area contributed by atoms with Gasteiger partial charge in [0.25, 0.3) is 0 Å². The van der Waals surface area contributed by atoms with Crippen LogP contribution < -0.4 is 0 Å². The summed E-state index contributed by atoms with van der Waals surface area (Å²) in [6.07, 6.45) is 4.06. The Balaban J connectivity index is 1.85. The maximum atomic E-state index is 2.33. The topological polar surface area (TPSA) is 0 Å². The van der Waals surface area contributed by atoms with E-state index in [4.69, 9.17) is 0 Å². The van der Waals surface area contributed by atoms with Crippen molar-refractivity contribution in [3.05, 3.63) is 83.4 Å². The van der Waals surface area contributed by atoms with E-state index in [-0.39, 0.29) is 0 Å². The average molecular weight is 312 g/mol. The van der Waals surface area contributed by atoms with E-state index in [0.717, 1.165) is 5.92 Å². The van der Waals surface area contributed by atoms with E-state index in [9.17, 15) is 0 Å². The van der Waals surface area contributed by atoms with Crippen LogP contribution in [0.25, 0.3) is 22.3 Å². The molecule has 3 aromatic carbocycles. The summed E-state index contributed by atoms with van der Waals surface area (Å²) in [6.45, 7) is 4.43. The number of rotatable bonds is 3. The first-order valence-corrected chi connectivity index (χ1v) is 9.00. The maximum Gasteiger partial charge on any atom is -0.0146 e. The van der Waals surface area contributed by atoms with Gasteiger partial charge in [-0.2, -0.15) is 0 Å². The first kappa shape index (κ1) is 15.2. The molecule has 0 heteroatoms. The lowest BCUT2D eigenvalue weighted by molar-refractivity contribution is 0.420. The molecule has 0 spiro atoms. The number of hydrogen-bond acceptors (Lipinski definition) is 0. The lowest BCUT2D eigenvalue weighted by Gasteiger charge is -2.28. The molecular weight excluding hydrogens is 288 g/mol. The Morgan fingerprint density at radius 2 is 1.42 bits per heavy atom. The van der Waals surface area contributed by atoms with Gasteiger partial charge in [-0.1, -0.05) is 78.7 Å². The molecular formula is C24H24. The molecule has 1 aliphatic carbocycles. The number of hydrogen-bond donors (Lipinski definition) is 0. The van der Waals surface area contributed by atoms with Crippen molar-refractivity contribution in [3.63, 3.8) is 0 Å². The Kier molecular flexibility index (Phi) is 3.98. The van der Waals surface area contributed by atoms with Crippen molar-refractivity contribution >= 4 is 0 Å². The SMILES string of the molecule is Cc1cccc(-c2cccc(-c3ccccc3C3CCC3)c2C)c1. The van der Waals surface area contributed by atoms with Gasteiger partial charge in [0.15, 0.2) is 0 Å². The van der Waals surface area contributed by atoms with Gasteiger partial charge >= 0.3 is 0 Å². The standard InChI is InChI=1S/C24H24/c1-17-8-5-11-20(16-17)21-14-7-15-22(18(21)2)24-13-4-3-12-23(24)19-9-6-10-19/h3-5,7-8,11-16,19H,6,9-10H2,1-2H3. The third-order valence-electron chi connectivity index (χ3n) is 5.46. The second-order valence-electron chi connectivity index (χ2n) is 7.06. The average Bonchev–Trinajstić information content (AvgIpc) is 2.54. The molecule has 0 nitrogen and oxygen atoms in total. The molecule has 120 valence electrons. The third kappa shape index (κ3) is 2.67. The number of benzene rings is 3. The molecule has 0 unspecified atom stereocenters. The van der Waals surface area contributed by atoms with Crippen LogP contribution in [-0.2, 0) is 0 Å². The summed E-state index contributed by atoms with van der Waals surface area (Å²) < 4.78 is 0. The molecule has 1 fully saturated rings. The van der Waals surface area contributed by atoms with E-state index < -0.39 is 0 Å². The molecule has 0 saturated heterocycles. The zero-order valence-electron chi connectivity index (χ0n) is 14.5. The quantitative estimate of drug-likeness (QED) is 0.493. The fraction of sp³-hybridized carbons (Fsp3) is 0.250. The minimum atomic E-state index is 0.753. The highest BCUT2D eigenvalue weighted by Gasteiger charge is 2.23. The van der Waals surface area contributed by atoms with Gasteiger partial charge in [-0.15, -0.1) is 0 Å². The normalized spacial score (nSPS) is 14.4. The molecule has 1 saturated carbocycles. The molecule has 0 amide bonds. The van der Waals surface area contributed by atoms with Crippen LogP contribution in [0.2, 0.25) is 0 Å². The zero-order chi connectivity index (χ0) is 16.5. The van der Waals surface area contributed by atoms with Crippen LogP contribution in [0, 0.1) is 13.8 Å². The van der Waals surface area contributed by atoms with Crippen LogP contribution in [0.1, 0.15) is 41.9 Å². The lowest BCUT2D eigenvalue weighted by atomic mass is 9.76. The second kappa shape index (κ2) is 6.28. The molecule has 1 aliphatic rings. The van der Waals surface area contributed by atoms with Crippen LogP contribution >= 0.6 is 0 Å². The molecule has 0 bridgehead atoms. The Bertz CT molecular complexity index is 869. The van der Waals surface area contributed by atoms with Crippen LogP contribution in [-0.4, -0.2) is 0 Å². The molecule has 0 radical (unpaired) electrons. The highest BCUT2D eigenvalue weighted by Crippen LogP contribution is 2.42. The van der Waals surface area contributed by atoms with Crippen molar-refractivity contribution in [1.82, 2.24) is 0 Å². The fourth-order valence-electron chi connectivity index (χ4n) is 3.87. The van der Waals surface area contributed by atoms with Gasteiger partial charge in [-0.05, 0) is 66.0 Å². The number of aryl methyl sites for hydroxylation is 1. The van der Waals surface area contributed by atoms with Gasteiger partial charge in [0.1, 0.15) is 0 Å². The van der Waals surface area contributed by atoms with E-state index >= 15 is 0 Å². The van der Waals surface area contributed by atoms with Crippen molar-refractivity contribution < 1.29 is 0 Å². The van der Waals surface area contributed by atoms with Gasteiger partial charge < -0.3 is 0 Å². The Labute approximate surface area is 145 Å². The lowest BCUT2D eigenvalue weighted by Crippen LogP contribution is -2.10. The highest BCUT2D eigenvalue weighted by atomic mass is 14.3. The van der Waals surface area contributed by atoms with Crippen molar-refractivity contribution in [3.8, 4) is 22.3 Å². The van der Waals surface area contributed by atoms with Crippen LogP contribution in [0.15, 0.2) is 66.7 Å². The predicted octanol–water partition coefficient (Wildman–Crippen LogP) is 6.90. The first-order chi connectivity index (χ1) is 11.7. The molecule has 0 aliphatic heterocycles. The van der Waals surface area contributed by atoms with Gasteiger partial charge in [0, 0.05) is 0 Å². The van der Waals surface area contributed by atoms with E-state index in [0.29, 0.717) is 0 Å². The minimum absolute atomic E-state index is 0.753. The van der Waals surface area contributed by atoms with Crippen molar-refractivity contribution in [2.75, 3.05) is 0 Å². The molecule has 24 heavy (non-hydrogen) atoms. The summed E-state index contributed by atoms with van der Waals surface area (Å²) in [5, 5.41) is 0. The van der Waals surface area contributed by atoms with Gasteiger partial charge in [-0.3, -0.25) is 0 Å². The Hall–Kier alpha value is -2.34. The summed E-state index contributed by atoms with van der Waals surface area (Å²) in [6, 6.07) is 24.6. The summed E-state index contributed by atoms with van der Waals surface area (Å²) in [4.78, 5) is 0. The Morgan fingerprint density at radius 3 is 2.17 bits per heavy atom. The smallest absolute Gasteiger partial charge is 0.0146 e. The first-order valence-electron chi connectivity index (χ1n) is 9.00. The molecule has 0 aromatic heterocycles. The summed E-state index contributed by atoms with van der Waals surface area (Å²) in [5.74, 6) is 0.753. The van der Waals surface area contributed by atoms with E-state index in [1.165, 1.54) is 58.2 Å². The predicted molar refractivity (Wildman–Crippen MR) is 103 cm³/mol. The summed E-state index contributed by atoms with van der Waals surface area (Å²) in [5.41, 5.74) is 9.70. The van der Waals surface area contributed by atoms with E-state index in [2.05, 4.69) is 80.6 Å². The molecule has 0 heterocycles. The van der Waals surface area contributed by atoms with Crippen LogP contribution in [0.5, 0.6) is 0 Å². The largest absolute Gasteiger partial charge is 0.0619 e. The summed E-state index contributed by atoms with van der Waals surface area (Å²) in [7, 11) is 0. The third-order valence-corrected chi connectivity index (χ3v) is 5.46.